The van der Waals surface area contributed by atoms with Crippen LogP contribution in [0.25, 0.3) is 0 Å². The maximum absolute atomic E-state index is 11.4. The Kier molecular flexibility index (Phi) is 9.13. The molecule has 5 heteroatoms. The van der Waals surface area contributed by atoms with Gasteiger partial charge < -0.3 is 10.6 Å². The first-order valence-corrected chi connectivity index (χ1v) is 6.17. The van der Waals surface area contributed by atoms with E-state index in [-0.39, 0.29) is 18.3 Å². The Bertz CT molecular complexity index is 330. The van der Waals surface area contributed by atoms with Crippen molar-refractivity contribution in [2.24, 2.45) is 0 Å². The molecule has 0 spiro atoms. The molecule has 0 atom stereocenters. The highest BCUT2D eigenvalue weighted by molar-refractivity contribution is 9.10. The fraction of sp³-hybridized carbons (Fsp3) is 0.417. The molecule has 2 N–H and O–H groups in total. The van der Waals surface area contributed by atoms with E-state index in [1.807, 2.05) is 31.3 Å². The maximum atomic E-state index is 11.4. The quantitative estimate of drug-likeness (QED) is 0.790. The Labute approximate surface area is 117 Å². The van der Waals surface area contributed by atoms with Crippen molar-refractivity contribution >= 4 is 34.2 Å². The lowest BCUT2D eigenvalue weighted by molar-refractivity contribution is -0.121. The van der Waals surface area contributed by atoms with E-state index in [1.54, 1.807) is 0 Å². The van der Waals surface area contributed by atoms with Gasteiger partial charge in [-0.05, 0) is 37.7 Å². The third-order valence-electron chi connectivity index (χ3n) is 2.23. The first kappa shape index (κ1) is 16.4. The number of rotatable bonds is 6. The Morgan fingerprint density at radius 3 is 2.53 bits per heavy atom. The van der Waals surface area contributed by atoms with Crippen molar-refractivity contribution in [1.82, 2.24) is 10.6 Å². The Hall–Kier alpha value is -0.580. The average Bonchev–Trinajstić information content (AvgIpc) is 2.29. The summed E-state index contributed by atoms with van der Waals surface area (Å²) in [6.07, 6.45) is 1.46. The van der Waals surface area contributed by atoms with E-state index in [2.05, 4.69) is 26.6 Å². The number of benzene rings is 1. The molecule has 1 amide bonds. The predicted octanol–water partition coefficient (Wildman–Crippen LogP) is 2.49. The van der Waals surface area contributed by atoms with Gasteiger partial charge in [0.25, 0.3) is 0 Å². The van der Waals surface area contributed by atoms with Gasteiger partial charge in [-0.2, -0.15) is 0 Å². The molecule has 0 fully saturated rings. The minimum Gasteiger partial charge on any atom is -0.352 e. The van der Waals surface area contributed by atoms with Crippen LogP contribution in [0.15, 0.2) is 28.7 Å². The fourth-order valence-electron chi connectivity index (χ4n) is 1.32. The zero-order valence-electron chi connectivity index (χ0n) is 9.83. The normalized spacial score (nSPS) is 9.53. The van der Waals surface area contributed by atoms with Gasteiger partial charge >= 0.3 is 0 Å². The van der Waals surface area contributed by atoms with Gasteiger partial charge in [-0.1, -0.05) is 28.1 Å². The highest BCUT2D eigenvalue weighted by atomic mass is 79.9. The number of carbonyl (C=O) groups excluding carboxylic acids is 1. The molecule has 0 aromatic heterocycles. The summed E-state index contributed by atoms with van der Waals surface area (Å²) in [5, 5.41) is 5.91. The molecule has 3 nitrogen and oxygen atoms in total. The van der Waals surface area contributed by atoms with E-state index >= 15 is 0 Å². The standard InChI is InChI=1S/C12H17BrN2O.ClH/c1-14-8-2-3-12(16)15-9-10-4-6-11(13)7-5-10;/h4-7,14H,2-3,8-9H2,1H3,(H,15,16);1H. The van der Waals surface area contributed by atoms with Crippen molar-refractivity contribution in [3.63, 3.8) is 0 Å². The summed E-state index contributed by atoms with van der Waals surface area (Å²) in [6, 6.07) is 7.95. The summed E-state index contributed by atoms with van der Waals surface area (Å²) in [5.74, 6) is 0.109. The molecule has 0 saturated heterocycles. The van der Waals surface area contributed by atoms with Gasteiger partial charge in [-0.25, -0.2) is 0 Å². The second-order valence-electron chi connectivity index (χ2n) is 3.61. The summed E-state index contributed by atoms with van der Waals surface area (Å²) in [7, 11) is 1.89. The van der Waals surface area contributed by atoms with Crippen LogP contribution in [0.5, 0.6) is 0 Å². The monoisotopic (exact) mass is 320 g/mol. The van der Waals surface area contributed by atoms with Gasteiger partial charge in [0.2, 0.25) is 5.91 Å². The summed E-state index contributed by atoms with van der Waals surface area (Å²) in [6.45, 7) is 1.48. The molecule has 0 heterocycles. The van der Waals surface area contributed by atoms with Crippen LogP contribution in [0.2, 0.25) is 0 Å². The van der Waals surface area contributed by atoms with E-state index in [0.29, 0.717) is 13.0 Å². The summed E-state index contributed by atoms with van der Waals surface area (Å²) in [5.41, 5.74) is 1.12. The number of hydrogen-bond acceptors (Lipinski definition) is 2. The fourth-order valence-corrected chi connectivity index (χ4v) is 1.58. The maximum Gasteiger partial charge on any atom is 0.220 e. The zero-order chi connectivity index (χ0) is 11.8. The zero-order valence-corrected chi connectivity index (χ0v) is 12.2. The molecule has 0 aliphatic heterocycles. The van der Waals surface area contributed by atoms with E-state index in [9.17, 15) is 4.79 Å². The summed E-state index contributed by atoms with van der Waals surface area (Å²) in [4.78, 5) is 11.4. The highest BCUT2D eigenvalue weighted by Crippen LogP contribution is 2.10. The number of nitrogens with one attached hydrogen (secondary N) is 2. The molecule has 96 valence electrons. The molecule has 0 unspecified atom stereocenters. The van der Waals surface area contributed by atoms with E-state index in [4.69, 9.17) is 0 Å². The van der Waals surface area contributed by atoms with E-state index < -0.39 is 0 Å². The number of carbonyl (C=O) groups is 1. The molecule has 0 bridgehead atoms. The van der Waals surface area contributed by atoms with Crippen molar-refractivity contribution in [2.45, 2.75) is 19.4 Å². The smallest absolute Gasteiger partial charge is 0.220 e. The molecule has 1 aromatic rings. The first-order chi connectivity index (χ1) is 7.72. The third-order valence-corrected chi connectivity index (χ3v) is 2.76. The highest BCUT2D eigenvalue weighted by Gasteiger charge is 2.00. The average molecular weight is 322 g/mol. The minimum atomic E-state index is 0. The molecule has 17 heavy (non-hydrogen) atoms. The van der Waals surface area contributed by atoms with E-state index in [1.165, 1.54) is 0 Å². The predicted molar refractivity (Wildman–Crippen MR) is 76.4 cm³/mol. The van der Waals surface area contributed by atoms with Gasteiger partial charge in [0.1, 0.15) is 0 Å². The van der Waals surface area contributed by atoms with Gasteiger partial charge in [0.15, 0.2) is 0 Å². The van der Waals surface area contributed by atoms with Gasteiger partial charge in [-0.3, -0.25) is 4.79 Å². The van der Waals surface area contributed by atoms with Crippen molar-refractivity contribution in [3.8, 4) is 0 Å². The molecule has 0 aliphatic rings. The Balaban J connectivity index is 0.00000256. The number of amides is 1. The third kappa shape index (κ3) is 7.36. The first-order valence-electron chi connectivity index (χ1n) is 5.38. The second-order valence-corrected chi connectivity index (χ2v) is 4.53. The largest absolute Gasteiger partial charge is 0.352 e. The number of hydrogen-bond donors (Lipinski definition) is 2. The molecule has 1 rings (SSSR count). The lowest BCUT2D eigenvalue weighted by Gasteiger charge is -2.05. The molecule has 0 saturated carbocycles. The lowest BCUT2D eigenvalue weighted by Crippen LogP contribution is -2.23. The topological polar surface area (TPSA) is 41.1 Å². The Morgan fingerprint density at radius 2 is 1.94 bits per heavy atom. The summed E-state index contributed by atoms with van der Waals surface area (Å²) < 4.78 is 1.05. The second kappa shape index (κ2) is 9.45. The van der Waals surface area contributed by atoms with Crippen molar-refractivity contribution in [2.75, 3.05) is 13.6 Å². The minimum absolute atomic E-state index is 0. The van der Waals surface area contributed by atoms with Crippen molar-refractivity contribution in [3.05, 3.63) is 34.3 Å². The Morgan fingerprint density at radius 1 is 1.29 bits per heavy atom. The molecular weight excluding hydrogens is 304 g/mol. The van der Waals surface area contributed by atoms with Crippen LogP contribution >= 0.6 is 28.3 Å². The van der Waals surface area contributed by atoms with Crippen LogP contribution in [-0.2, 0) is 11.3 Å². The van der Waals surface area contributed by atoms with Crippen molar-refractivity contribution in [1.29, 1.82) is 0 Å². The summed E-state index contributed by atoms with van der Waals surface area (Å²) >= 11 is 3.37. The molecule has 0 radical (unpaired) electrons. The SMILES string of the molecule is CNCCCC(=O)NCc1ccc(Br)cc1.Cl. The number of halogens is 2. The van der Waals surface area contributed by atoms with Crippen LogP contribution in [0.1, 0.15) is 18.4 Å². The molecular formula is C12H18BrClN2O. The van der Waals surface area contributed by atoms with Crippen LogP contribution < -0.4 is 10.6 Å². The van der Waals surface area contributed by atoms with Crippen LogP contribution in [0.4, 0.5) is 0 Å². The van der Waals surface area contributed by atoms with Crippen LogP contribution in [0, 0.1) is 0 Å². The van der Waals surface area contributed by atoms with Gasteiger partial charge in [0.05, 0.1) is 0 Å². The van der Waals surface area contributed by atoms with Crippen molar-refractivity contribution < 1.29 is 4.79 Å². The lowest BCUT2D eigenvalue weighted by atomic mass is 10.2. The van der Waals surface area contributed by atoms with Crippen LogP contribution in [-0.4, -0.2) is 19.5 Å². The van der Waals surface area contributed by atoms with Crippen LogP contribution in [0.3, 0.4) is 0 Å². The molecule has 0 aliphatic carbocycles. The van der Waals surface area contributed by atoms with Gasteiger partial charge in [-0.15, -0.1) is 12.4 Å². The molecule has 1 aromatic carbocycles. The van der Waals surface area contributed by atoms with Gasteiger partial charge in [0, 0.05) is 17.4 Å². The van der Waals surface area contributed by atoms with E-state index in [0.717, 1.165) is 23.0 Å².